The average molecular weight is 191 g/mol. The molecule has 0 aromatic carbocycles. The molecule has 0 saturated heterocycles. The van der Waals surface area contributed by atoms with E-state index in [0.717, 1.165) is 0 Å². The smallest absolute Gasteiger partial charge is 1.00 e. The Bertz CT molecular complexity index is 9.61. The standard InChI is InChI=1S/Li.2Ni.Zn.H/q+1;;;;-1. The Kier molecular flexibility index (Phi) is 163. The summed E-state index contributed by atoms with van der Waals surface area (Å²) < 4.78 is 0. The summed E-state index contributed by atoms with van der Waals surface area (Å²) in [5, 5.41) is 0. The van der Waals surface area contributed by atoms with Crippen LogP contribution < -0.4 is 18.9 Å². The first-order valence-electron chi connectivity index (χ1n) is 0. The van der Waals surface area contributed by atoms with E-state index in [1.54, 1.807) is 0 Å². The van der Waals surface area contributed by atoms with Crippen LogP contribution in [0.1, 0.15) is 1.43 Å². The SMILES string of the molecule is [H-].[Li+].[Ni].[Ni].[Zn]. The number of hydrogen-bond acceptors (Lipinski definition) is 0. The first-order chi connectivity index (χ1) is 0. The Hall–Kier alpha value is 2.21. The van der Waals surface area contributed by atoms with E-state index in [4.69, 9.17) is 0 Å². The van der Waals surface area contributed by atoms with Gasteiger partial charge in [0, 0.05) is 52.5 Å². The molecular formula is HLiNi2Zn. The number of rotatable bonds is 0. The normalized spacial score (nSPS) is 0. The van der Waals surface area contributed by atoms with E-state index in [2.05, 4.69) is 0 Å². The van der Waals surface area contributed by atoms with Gasteiger partial charge in [-0.2, -0.15) is 0 Å². The van der Waals surface area contributed by atoms with Gasteiger partial charge in [0.2, 0.25) is 0 Å². The van der Waals surface area contributed by atoms with Crippen molar-refractivity contribution in [3.8, 4) is 0 Å². The molecular weight excluding hydrogens is 190 g/mol. The fraction of sp³-hybridized carbons (Fsp3) is 0. The zero-order valence-electron chi connectivity index (χ0n) is 3.34. The third kappa shape index (κ3) is 8.88. The second-order valence-corrected chi connectivity index (χ2v) is 0. The predicted molar refractivity (Wildman–Crippen MR) is 1.11 cm³/mol. The summed E-state index contributed by atoms with van der Waals surface area (Å²) in [5.41, 5.74) is 0. The van der Waals surface area contributed by atoms with Crippen molar-refractivity contribution in [2.24, 2.45) is 0 Å². The second kappa shape index (κ2) is 18.9. The predicted octanol–water partition coefficient (Wildman–Crippen LogP) is -2.89. The van der Waals surface area contributed by atoms with Crippen LogP contribution in [-0.2, 0) is 52.5 Å². The van der Waals surface area contributed by atoms with Crippen molar-refractivity contribution in [3.63, 3.8) is 0 Å². The summed E-state index contributed by atoms with van der Waals surface area (Å²) in [7, 11) is 0. The van der Waals surface area contributed by atoms with Crippen LogP contribution in [0.3, 0.4) is 0 Å². The Morgan fingerprint density at radius 3 is 1.00 bits per heavy atom. The molecule has 0 atom stereocenters. The maximum Gasteiger partial charge on any atom is 1.00 e. The van der Waals surface area contributed by atoms with Gasteiger partial charge in [0.1, 0.15) is 0 Å². The van der Waals surface area contributed by atoms with Crippen molar-refractivity contribution in [2.45, 2.75) is 0 Å². The molecule has 0 N–H and O–H groups in total. The fourth-order valence-corrected chi connectivity index (χ4v) is 0. The van der Waals surface area contributed by atoms with Crippen molar-refractivity contribution in [1.29, 1.82) is 0 Å². The van der Waals surface area contributed by atoms with Crippen LogP contribution in [-0.4, -0.2) is 0 Å². The van der Waals surface area contributed by atoms with Gasteiger partial charge in [0.05, 0.1) is 0 Å². The molecule has 0 bridgehead atoms. The van der Waals surface area contributed by atoms with Gasteiger partial charge in [-0.25, -0.2) is 0 Å². The molecule has 0 fully saturated rings. The molecule has 0 rings (SSSR count). The minimum atomic E-state index is 0. The third-order valence-corrected chi connectivity index (χ3v) is 0. The van der Waals surface area contributed by atoms with Crippen LogP contribution in [0.15, 0.2) is 0 Å². The first kappa shape index (κ1) is 34.5. The summed E-state index contributed by atoms with van der Waals surface area (Å²) in [5.74, 6) is 0. The minimum absolute atomic E-state index is 0. The summed E-state index contributed by atoms with van der Waals surface area (Å²) in [6.07, 6.45) is 0. The molecule has 0 nitrogen and oxygen atoms in total. The van der Waals surface area contributed by atoms with Crippen LogP contribution >= 0.6 is 0 Å². The van der Waals surface area contributed by atoms with Crippen LogP contribution in [0.5, 0.6) is 0 Å². The second-order valence-electron chi connectivity index (χ2n) is 0. The van der Waals surface area contributed by atoms with Gasteiger partial charge in [-0.05, 0) is 0 Å². The van der Waals surface area contributed by atoms with E-state index in [-0.39, 0.29) is 72.7 Å². The third-order valence-electron chi connectivity index (χ3n) is 0. The Labute approximate surface area is 72.1 Å². The summed E-state index contributed by atoms with van der Waals surface area (Å²) >= 11 is 0. The van der Waals surface area contributed by atoms with E-state index in [1.165, 1.54) is 0 Å². The summed E-state index contributed by atoms with van der Waals surface area (Å²) in [4.78, 5) is 0. The molecule has 0 radical (unpaired) electrons. The van der Waals surface area contributed by atoms with Crippen molar-refractivity contribution in [1.82, 2.24) is 0 Å². The van der Waals surface area contributed by atoms with E-state index < -0.39 is 0 Å². The molecule has 4 heavy (non-hydrogen) atoms. The molecule has 0 spiro atoms. The maximum absolute atomic E-state index is 0. The number of hydrogen-bond donors (Lipinski definition) is 0. The topological polar surface area (TPSA) is 0 Å². The Morgan fingerprint density at radius 2 is 1.00 bits per heavy atom. The Balaban J connectivity index is 0. The zero-order chi connectivity index (χ0) is 0. The molecule has 0 aliphatic heterocycles. The summed E-state index contributed by atoms with van der Waals surface area (Å²) in [6, 6.07) is 0. The molecule has 0 saturated carbocycles. The van der Waals surface area contributed by atoms with Crippen molar-refractivity contribution in [3.05, 3.63) is 0 Å². The van der Waals surface area contributed by atoms with E-state index in [1.807, 2.05) is 0 Å². The van der Waals surface area contributed by atoms with Crippen LogP contribution in [0.4, 0.5) is 0 Å². The largest absolute Gasteiger partial charge is 1.00 e. The molecule has 0 aliphatic carbocycles. The molecule has 24 valence electrons. The molecule has 4 heteroatoms. The molecule has 0 aromatic rings. The molecule has 0 heterocycles. The molecule has 0 aromatic heterocycles. The van der Waals surface area contributed by atoms with Gasteiger partial charge < -0.3 is 1.43 Å². The zero-order valence-corrected chi connectivity index (χ0v) is 7.28. The summed E-state index contributed by atoms with van der Waals surface area (Å²) in [6.45, 7) is 0. The van der Waals surface area contributed by atoms with Crippen molar-refractivity contribution < 1.29 is 72.7 Å². The Morgan fingerprint density at radius 1 is 1.00 bits per heavy atom. The molecule has 0 amide bonds. The van der Waals surface area contributed by atoms with Gasteiger partial charge in [0.25, 0.3) is 0 Å². The van der Waals surface area contributed by atoms with Crippen LogP contribution in [0.2, 0.25) is 0 Å². The van der Waals surface area contributed by atoms with E-state index in [0.29, 0.717) is 0 Å². The van der Waals surface area contributed by atoms with E-state index >= 15 is 0 Å². The minimum Gasteiger partial charge on any atom is -1.00 e. The molecule has 0 aliphatic rings. The fourth-order valence-electron chi connectivity index (χ4n) is 0. The average Bonchev–Trinajstić information content (AvgIpc) is 0. The van der Waals surface area contributed by atoms with Crippen LogP contribution in [0, 0.1) is 0 Å². The van der Waals surface area contributed by atoms with E-state index in [9.17, 15) is 0 Å². The van der Waals surface area contributed by atoms with Gasteiger partial charge in [0.15, 0.2) is 0 Å². The van der Waals surface area contributed by atoms with Gasteiger partial charge in [-0.3, -0.25) is 0 Å². The van der Waals surface area contributed by atoms with Gasteiger partial charge in [-0.1, -0.05) is 0 Å². The van der Waals surface area contributed by atoms with Crippen molar-refractivity contribution >= 4 is 0 Å². The monoisotopic (exact) mass is 188 g/mol. The van der Waals surface area contributed by atoms with Gasteiger partial charge in [-0.15, -0.1) is 0 Å². The quantitative estimate of drug-likeness (QED) is 0.360. The van der Waals surface area contributed by atoms with Gasteiger partial charge >= 0.3 is 18.9 Å². The first-order valence-corrected chi connectivity index (χ1v) is 0. The molecule has 0 unspecified atom stereocenters. The van der Waals surface area contributed by atoms with Crippen molar-refractivity contribution in [2.75, 3.05) is 0 Å². The van der Waals surface area contributed by atoms with Crippen LogP contribution in [0.25, 0.3) is 0 Å². The maximum atomic E-state index is 0.